The first-order valence-electron chi connectivity index (χ1n) is 6.43. The van der Waals surface area contributed by atoms with Gasteiger partial charge in [0.1, 0.15) is 0 Å². The third-order valence-electron chi connectivity index (χ3n) is 3.09. The van der Waals surface area contributed by atoms with E-state index in [2.05, 4.69) is 23.5 Å². The van der Waals surface area contributed by atoms with E-state index in [1.54, 1.807) is 0 Å². The zero-order valence-corrected chi connectivity index (χ0v) is 12.1. The lowest BCUT2D eigenvalue weighted by Crippen LogP contribution is -2.39. The van der Waals surface area contributed by atoms with E-state index in [4.69, 9.17) is 0 Å². The summed E-state index contributed by atoms with van der Waals surface area (Å²) in [6.07, 6.45) is 4.21. The maximum atomic E-state index is 11.7. The molecule has 1 aliphatic rings. The minimum atomic E-state index is 0.0585. The average molecular weight is 259 g/mol. The summed E-state index contributed by atoms with van der Waals surface area (Å²) >= 11 is 1.37. The second-order valence-electron chi connectivity index (χ2n) is 4.98. The molecule has 1 saturated heterocycles. The summed E-state index contributed by atoms with van der Waals surface area (Å²) in [6.45, 7) is 9.54. The molecule has 100 valence electrons. The Morgan fingerprint density at radius 1 is 1.29 bits per heavy atom. The van der Waals surface area contributed by atoms with Crippen LogP contribution in [-0.4, -0.2) is 54.8 Å². The van der Waals surface area contributed by atoms with Gasteiger partial charge in [-0.1, -0.05) is 25.8 Å². The summed E-state index contributed by atoms with van der Waals surface area (Å²) in [7, 11) is 0. The van der Waals surface area contributed by atoms with Gasteiger partial charge in [0.15, 0.2) is 0 Å². The Labute approximate surface area is 109 Å². The van der Waals surface area contributed by atoms with Crippen LogP contribution in [0.2, 0.25) is 0 Å². The predicted molar refractivity (Wildman–Crippen MR) is 74.1 cm³/mol. The summed E-state index contributed by atoms with van der Waals surface area (Å²) in [5.74, 6) is 0.758. The van der Waals surface area contributed by atoms with E-state index in [-0.39, 0.29) is 6.03 Å². The van der Waals surface area contributed by atoms with Gasteiger partial charge in [0.05, 0.1) is 0 Å². The van der Waals surface area contributed by atoms with Crippen molar-refractivity contribution in [3.05, 3.63) is 0 Å². The third-order valence-corrected chi connectivity index (χ3v) is 3.47. The first-order valence-corrected chi connectivity index (χ1v) is 7.66. The monoisotopic (exact) mass is 259 g/mol. The van der Waals surface area contributed by atoms with Crippen molar-refractivity contribution in [1.82, 2.24) is 14.5 Å². The number of nitrogens with zero attached hydrogens (tertiary/aromatic N) is 2. The molecule has 1 rings (SSSR count). The Kier molecular flexibility index (Phi) is 6.73. The van der Waals surface area contributed by atoms with Crippen LogP contribution in [0, 0.1) is 5.92 Å². The molecule has 1 N–H and O–H groups in total. The van der Waals surface area contributed by atoms with Gasteiger partial charge in [-0.15, -0.1) is 0 Å². The fraction of sp³-hybridized carbons (Fsp3) is 0.917. The van der Waals surface area contributed by atoms with Crippen molar-refractivity contribution in [3.63, 3.8) is 0 Å². The molecule has 0 atom stereocenters. The van der Waals surface area contributed by atoms with Gasteiger partial charge >= 0.3 is 6.03 Å². The zero-order chi connectivity index (χ0) is 12.7. The molecule has 1 aliphatic heterocycles. The molecule has 0 aromatic carbocycles. The Morgan fingerprint density at radius 2 is 2.06 bits per heavy atom. The van der Waals surface area contributed by atoms with Gasteiger partial charge in [-0.25, -0.2) is 4.79 Å². The lowest BCUT2D eigenvalue weighted by Gasteiger charge is -2.22. The number of carbonyl (C=O) groups is 1. The molecule has 4 nitrogen and oxygen atoms in total. The van der Waals surface area contributed by atoms with Gasteiger partial charge in [0, 0.05) is 25.9 Å². The van der Waals surface area contributed by atoms with E-state index in [9.17, 15) is 4.79 Å². The lowest BCUT2D eigenvalue weighted by atomic mass is 10.1. The number of urea groups is 1. The van der Waals surface area contributed by atoms with Gasteiger partial charge in [0.25, 0.3) is 0 Å². The number of rotatable bonds is 4. The SMILES string of the molecule is CSNC(=O)N1CCCN(CCC(C)C)CC1. The van der Waals surface area contributed by atoms with E-state index in [0.717, 1.165) is 45.1 Å². The van der Waals surface area contributed by atoms with Gasteiger partial charge in [0.2, 0.25) is 0 Å². The molecule has 1 heterocycles. The highest BCUT2D eigenvalue weighted by Crippen LogP contribution is 2.07. The molecule has 0 aromatic heterocycles. The van der Waals surface area contributed by atoms with Gasteiger partial charge in [-0.05, 0) is 31.8 Å². The first-order chi connectivity index (χ1) is 8.13. The zero-order valence-electron chi connectivity index (χ0n) is 11.2. The van der Waals surface area contributed by atoms with Crippen LogP contribution in [0.15, 0.2) is 0 Å². The second kappa shape index (κ2) is 7.82. The Morgan fingerprint density at radius 3 is 2.71 bits per heavy atom. The van der Waals surface area contributed by atoms with Crippen LogP contribution in [0.5, 0.6) is 0 Å². The molecule has 0 saturated carbocycles. The molecular formula is C12H25N3OS. The van der Waals surface area contributed by atoms with E-state index in [1.807, 2.05) is 11.2 Å². The minimum absolute atomic E-state index is 0.0585. The number of amides is 2. The van der Waals surface area contributed by atoms with Crippen molar-refractivity contribution in [1.29, 1.82) is 0 Å². The summed E-state index contributed by atoms with van der Waals surface area (Å²) in [4.78, 5) is 16.1. The molecular weight excluding hydrogens is 234 g/mol. The van der Waals surface area contributed by atoms with Crippen LogP contribution in [0.3, 0.4) is 0 Å². The molecule has 0 bridgehead atoms. The predicted octanol–water partition coefficient (Wildman–Crippen LogP) is 2.03. The molecule has 1 fully saturated rings. The van der Waals surface area contributed by atoms with E-state index < -0.39 is 0 Å². The molecule has 5 heteroatoms. The number of carbonyl (C=O) groups excluding carboxylic acids is 1. The molecule has 0 unspecified atom stereocenters. The molecule has 0 spiro atoms. The summed E-state index contributed by atoms with van der Waals surface area (Å²) in [5, 5.41) is 0. The normalized spacial score (nSPS) is 18.2. The average Bonchev–Trinajstić information content (AvgIpc) is 2.52. The van der Waals surface area contributed by atoms with Crippen molar-refractivity contribution in [3.8, 4) is 0 Å². The van der Waals surface area contributed by atoms with E-state index >= 15 is 0 Å². The van der Waals surface area contributed by atoms with Gasteiger partial charge in [-0.2, -0.15) is 0 Å². The van der Waals surface area contributed by atoms with Gasteiger partial charge in [-0.3, -0.25) is 4.72 Å². The van der Waals surface area contributed by atoms with Crippen LogP contribution in [0.25, 0.3) is 0 Å². The maximum Gasteiger partial charge on any atom is 0.327 e. The largest absolute Gasteiger partial charge is 0.327 e. The topological polar surface area (TPSA) is 35.6 Å². The molecule has 0 aromatic rings. The highest BCUT2D eigenvalue weighted by atomic mass is 32.2. The molecule has 0 aliphatic carbocycles. The van der Waals surface area contributed by atoms with Crippen LogP contribution in [-0.2, 0) is 0 Å². The smallest absolute Gasteiger partial charge is 0.323 e. The number of nitrogens with one attached hydrogen (secondary N) is 1. The van der Waals surface area contributed by atoms with E-state index in [0.29, 0.717) is 0 Å². The fourth-order valence-corrected chi connectivity index (χ4v) is 2.29. The van der Waals surface area contributed by atoms with Crippen LogP contribution < -0.4 is 4.72 Å². The first kappa shape index (κ1) is 14.6. The second-order valence-corrected chi connectivity index (χ2v) is 5.59. The van der Waals surface area contributed by atoms with Crippen molar-refractivity contribution in [2.24, 2.45) is 5.92 Å². The lowest BCUT2D eigenvalue weighted by molar-refractivity contribution is 0.204. The van der Waals surface area contributed by atoms with Crippen LogP contribution in [0.4, 0.5) is 4.79 Å². The minimum Gasteiger partial charge on any atom is -0.323 e. The number of hydrogen-bond acceptors (Lipinski definition) is 3. The van der Waals surface area contributed by atoms with Crippen molar-refractivity contribution in [2.75, 3.05) is 39.0 Å². The quantitative estimate of drug-likeness (QED) is 0.785. The van der Waals surface area contributed by atoms with Crippen molar-refractivity contribution in [2.45, 2.75) is 26.7 Å². The number of hydrogen-bond donors (Lipinski definition) is 1. The van der Waals surface area contributed by atoms with Crippen LogP contribution in [0.1, 0.15) is 26.7 Å². The summed E-state index contributed by atoms with van der Waals surface area (Å²) in [6, 6.07) is 0.0585. The molecule has 17 heavy (non-hydrogen) atoms. The van der Waals surface area contributed by atoms with E-state index in [1.165, 1.54) is 18.4 Å². The molecule has 0 radical (unpaired) electrons. The fourth-order valence-electron chi connectivity index (χ4n) is 1.99. The summed E-state index contributed by atoms with van der Waals surface area (Å²) in [5.41, 5.74) is 0. The highest BCUT2D eigenvalue weighted by Gasteiger charge is 2.18. The standard InChI is InChI=1S/C12H25N3OS/c1-11(2)5-8-14-6-4-7-15(10-9-14)12(16)13-17-3/h11H,4-10H2,1-3H3,(H,13,16). The Hall–Kier alpha value is -0.420. The Balaban J connectivity index is 2.31. The van der Waals surface area contributed by atoms with Crippen molar-refractivity contribution >= 4 is 18.0 Å². The maximum absolute atomic E-state index is 11.7. The Bertz CT molecular complexity index is 236. The van der Waals surface area contributed by atoms with Crippen LogP contribution >= 0.6 is 11.9 Å². The van der Waals surface area contributed by atoms with Gasteiger partial charge < -0.3 is 9.80 Å². The van der Waals surface area contributed by atoms with Crippen molar-refractivity contribution < 1.29 is 4.79 Å². The highest BCUT2D eigenvalue weighted by molar-refractivity contribution is 7.97. The third kappa shape index (κ3) is 5.64. The molecule has 2 amide bonds. The summed E-state index contributed by atoms with van der Waals surface area (Å²) < 4.78 is 2.79.